The van der Waals surface area contributed by atoms with Gasteiger partial charge in [0.15, 0.2) is 0 Å². The predicted octanol–water partition coefficient (Wildman–Crippen LogP) is 1.95. The van der Waals surface area contributed by atoms with Crippen molar-refractivity contribution >= 4 is 16.8 Å². The van der Waals surface area contributed by atoms with Crippen molar-refractivity contribution in [3.05, 3.63) is 42.1 Å². The zero-order valence-corrected chi connectivity index (χ0v) is 13.7. The fourth-order valence-electron chi connectivity index (χ4n) is 4.15. The first-order valence-corrected chi connectivity index (χ1v) is 8.79. The molecule has 1 saturated heterocycles. The van der Waals surface area contributed by atoms with E-state index in [0.717, 1.165) is 49.7 Å². The number of aliphatic hydroxyl groups excluding tert-OH is 1. The molecule has 5 nitrogen and oxygen atoms in total. The number of amides is 1. The van der Waals surface area contributed by atoms with Crippen molar-refractivity contribution in [2.24, 2.45) is 0 Å². The van der Waals surface area contributed by atoms with E-state index in [1.54, 1.807) is 6.20 Å². The highest BCUT2D eigenvalue weighted by atomic mass is 16.3. The van der Waals surface area contributed by atoms with E-state index in [4.69, 9.17) is 0 Å². The number of rotatable bonds is 3. The Morgan fingerprint density at radius 3 is 2.92 bits per heavy atom. The van der Waals surface area contributed by atoms with Crippen molar-refractivity contribution in [2.75, 3.05) is 13.1 Å². The van der Waals surface area contributed by atoms with Crippen LogP contribution in [0.25, 0.3) is 10.9 Å². The van der Waals surface area contributed by atoms with Crippen molar-refractivity contribution < 1.29 is 9.90 Å². The van der Waals surface area contributed by atoms with Gasteiger partial charge in [0.1, 0.15) is 0 Å². The number of para-hydroxylation sites is 1. The molecule has 1 aliphatic heterocycles. The highest BCUT2D eigenvalue weighted by Gasteiger charge is 2.36. The summed E-state index contributed by atoms with van der Waals surface area (Å²) >= 11 is 0. The van der Waals surface area contributed by atoms with Crippen LogP contribution >= 0.6 is 0 Å². The Hall–Kier alpha value is -1.98. The van der Waals surface area contributed by atoms with Gasteiger partial charge in [-0.15, -0.1) is 0 Å². The van der Waals surface area contributed by atoms with Crippen LogP contribution in [0.15, 0.2) is 36.5 Å². The van der Waals surface area contributed by atoms with Crippen LogP contribution in [-0.4, -0.2) is 52.2 Å². The molecule has 2 aliphatic rings. The van der Waals surface area contributed by atoms with Gasteiger partial charge in [-0.05, 0) is 37.8 Å². The molecule has 1 aliphatic carbocycles. The number of hydrogen-bond acceptors (Lipinski definition) is 4. The lowest BCUT2D eigenvalue weighted by Gasteiger charge is -2.29. The molecule has 2 N–H and O–H groups in total. The quantitative estimate of drug-likeness (QED) is 0.905. The van der Waals surface area contributed by atoms with Crippen LogP contribution in [-0.2, 0) is 0 Å². The summed E-state index contributed by atoms with van der Waals surface area (Å²) in [7, 11) is 0. The molecule has 2 heterocycles. The van der Waals surface area contributed by atoms with Crippen LogP contribution in [0, 0.1) is 0 Å². The Kier molecular flexibility index (Phi) is 4.21. The second-order valence-electron chi connectivity index (χ2n) is 6.90. The average molecular weight is 325 g/mol. The summed E-state index contributed by atoms with van der Waals surface area (Å²) in [5, 5.41) is 14.0. The number of nitrogens with one attached hydrogen (secondary N) is 1. The van der Waals surface area contributed by atoms with Crippen molar-refractivity contribution in [1.29, 1.82) is 0 Å². The summed E-state index contributed by atoms with van der Waals surface area (Å²) in [4.78, 5) is 19.5. The first-order valence-electron chi connectivity index (χ1n) is 8.79. The molecule has 1 saturated carbocycles. The zero-order valence-electron chi connectivity index (χ0n) is 13.7. The van der Waals surface area contributed by atoms with E-state index in [1.807, 2.05) is 30.3 Å². The minimum absolute atomic E-state index is 0.0454. The van der Waals surface area contributed by atoms with Gasteiger partial charge in [-0.2, -0.15) is 0 Å². The average Bonchev–Trinajstić information content (AvgIpc) is 3.23. The summed E-state index contributed by atoms with van der Waals surface area (Å²) in [5.74, 6) is -0.0454. The maximum Gasteiger partial charge on any atom is 0.253 e. The molecular formula is C19H23N3O2. The molecule has 0 bridgehead atoms. The number of nitrogens with zero attached hydrogens (tertiary/aromatic N) is 2. The van der Waals surface area contributed by atoms with Crippen LogP contribution in [0.4, 0.5) is 0 Å². The van der Waals surface area contributed by atoms with E-state index in [-0.39, 0.29) is 18.1 Å². The monoisotopic (exact) mass is 325 g/mol. The van der Waals surface area contributed by atoms with E-state index < -0.39 is 0 Å². The van der Waals surface area contributed by atoms with Gasteiger partial charge in [0.05, 0.1) is 17.2 Å². The molecular weight excluding hydrogens is 302 g/mol. The molecule has 2 aromatic rings. The van der Waals surface area contributed by atoms with Crippen molar-refractivity contribution in [2.45, 2.75) is 43.9 Å². The smallest absolute Gasteiger partial charge is 0.253 e. The number of carbonyl (C=O) groups excluding carboxylic acids is 1. The topological polar surface area (TPSA) is 65.5 Å². The third kappa shape index (κ3) is 2.89. The van der Waals surface area contributed by atoms with Crippen molar-refractivity contribution in [3.8, 4) is 0 Å². The van der Waals surface area contributed by atoms with Gasteiger partial charge in [0, 0.05) is 36.8 Å². The normalized spacial score (nSPS) is 27.6. The summed E-state index contributed by atoms with van der Waals surface area (Å²) < 4.78 is 0. The summed E-state index contributed by atoms with van der Waals surface area (Å²) in [5.41, 5.74) is 1.39. The van der Waals surface area contributed by atoms with E-state index in [0.29, 0.717) is 11.6 Å². The number of β-amino-alcohol motifs (C(OH)–C–C–N with tert-alkyl or cyclic N) is 1. The van der Waals surface area contributed by atoms with Gasteiger partial charge >= 0.3 is 0 Å². The Labute approximate surface area is 141 Å². The molecule has 4 rings (SSSR count). The number of carbonyl (C=O) groups is 1. The van der Waals surface area contributed by atoms with E-state index >= 15 is 0 Å². The molecule has 1 aromatic heterocycles. The number of aliphatic hydroxyl groups is 1. The summed E-state index contributed by atoms with van der Waals surface area (Å²) in [6, 6.07) is 10.1. The molecule has 3 atom stereocenters. The lowest BCUT2D eigenvalue weighted by Crippen LogP contribution is -2.48. The van der Waals surface area contributed by atoms with Crippen LogP contribution in [0.2, 0.25) is 0 Å². The third-order valence-corrected chi connectivity index (χ3v) is 5.34. The Balaban J connectivity index is 1.52. The lowest BCUT2D eigenvalue weighted by molar-refractivity contribution is 0.0907. The molecule has 1 aromatic carbocycles. The molecule has 0 spiro atoms. The third-order valence-electron chi connectivity index (χ3n) is 5.34. The Morgan fingerprint density at radius 2 is 2.08 bits per heavy atom. The van der Waals surface area contributed by atoms with Crippen LogP contribution < -0.4 is 5.32 Å². The minimum Gasteiger partial charge on any atom is -0.392 e. The highest BCUT2D eigenvalue weighted by molar-refractivity contribution is 6.05. The highest BCUT2D eigenvalue weighted by Crippen LogP contribution is 2.28. The standard InChI is InChI=1S/C19H23N3O2/c23-14-9-11-22(12-14)17-8-2-7-16(17)21-19(24)15-6-1-4-13-5-3-10-20-18(13)15/h1,3-6,10,14,16-17,23H,2,7-9,11-12H2,(H,21,24)/t14?,16-,17+/m1/s1. The second-order valence-corrected chi connectivity index (χ2v) is 6.90. The fourth-order valence-corrected chi connectivity index (χ4v) is 4.15. The van der Waals surface area contributed by atoms with Crippen molar-refractivity contribution in [1.82, 2.24) is 15.2 Å². The number of aromatic nitrogens is 1. The number of pyridine rings is 1. The zero-order chi connectivity index (χ0) is 16.5. The lowest BCUT2D eigenvalue weighted by atomic mass is 10.1. The van der Waals surface area contributed by atoms with E-state index in [1.165, 1.54) is 0 Å². The Morgan fingerprint density at radius 1 is 1.21 bits per heavy atom. The van der Waals surface area contributed by atoms with Gasteiger partial charge < -0.3 is 10.4 Å². The molecule has 0 radical (unpaired) electrons. The van der Waals surface area contributed by atoms with Gasteiger partial charge in [-0.3, -0.25) is 14.7 Å². The van der Waals surface area contributed by atoms with E-state index in [9.17, 15) is 9.90 Å². The van der Waals surface area contributed by atoms with Crippen LogP contribution in [0.1, 0.15) is 36.0 Å². The predicted molar refractivity (Wildman–Crippen MR) is 92.8 cm³/mol. The number of likely N-dealkylation sites (tertiary alicyclic amines) is 1. The number of hydrogen-bond donors (Lipinski definition) is 2. The first kappa shape index (κ1) is 15.5. The molecule has 24 heavy (non-hydrogen) atoms. The first-order chi connectivity index (χ1) is 11.7. The number of benzene rings is 1. The van der Waals surface area contributed by atoms with Crippen LogP contribution in [0.3, 0.4) is 0 Å². The summed E-state index contributed by atoms with van der Waals surface area (Å²) in [6.45, 7) is 1.65. The van der Waals surface area contributed by atoms with E-state index in [2.05, 4.69) is 15.2 Å². The van der Waals surface area contributed by atoms with Gasteiger partial charge in [-0.25, -0.2) is 0 Å². The SMILES string of the molecule is O=C(N[C@@H]1CCC[C@@H]1N1CCC(O)C1)c1cccc2cccnc12. The fraction of sp³-hybridized carbons (Fsp3) is 0.474. The van der Waals surface area contributed by atoms with Gasteiger partial charge in [0.25, 0.3) is 5.91 Å². The summed E-state index contributed by atoms with van der Waals surface area (Å²) in [6.07, 6.45) is 5.56. The molecule has 1 unspecified atom stereocenters. The molecule has 2 fully saturated rings. The maximum atomic E-state index is 12.8. The molecule has 1 amide bonds. The molecule has 126 valence electrons. The maximum absolute atomic E-state index is 12.8. The van der Waals surface area contributed by atoms with Crippen LogP contribution in [0.5, 0.6) is 0 Å². The largest absolute Gasteiger partial charge is 0.392 e. The van der Waals surface area contributed by atoms with Crippen molar-refractivity contribution in [3.63, 3.8) is 0 Å². The van der Waals surface area contributed by atoms with Gasteiger partial charge in [0.2, 0.25) is 0 Å². The second kappa shape index (κ2) is 6.49. The van der Waals surface area contributed by atoms with Gasteiger partial charge in [-0.1, -0.05) is 18.2 Å². The minimum atomic E-state index is -0.218. The molecule has 5 heteroatoms. The number of fused-ring (bicyclic) bond motifs is 1. The Bertz CT molecular complexity index is 743.